The number of nitrogens with one attached hydrogen (secondary N) is 1. The minimum atomic E-state index is -0.587. The molecule has 0 bridgehead atoms. The van der Waals surface area contributed by atoms with Gasteiger partial charge in [-0.05, 0) is 69.0 Å². The zero-order chi connectivity index (χ0) is 23.8. The van der Waals surface area contributed by atoms with Gasteiger partial charge in [-0.3, -0.25) is 4.79 Å². The Balaban J connectivity index is 1.66. The van der Waals surface area contributed by atoms with Crippen LogP contribution in [0.15, 0.2) is 72.9 Å². The molecule has 0 fully saturated rings. The summed E-state index contributed by atoms with van der Waals surface area (Å²) in [6, 6.07) is 20.6. The van der Waals surface area contributed by atoms with Gasteiger partial charge in [0.25, 0.3) is 5.91 Å². The zero-order valence-corrected chi connectivity index (χ0v) is 19.1. The number of carbonyl (C=O) groups excluding carboxylic acids is 2. The molecular formula is C26H29N3O4. The van der Waals surface area contributed by atoms with E-state index in [1.165, 1.54) is 12.3 Å². The molecule has 1 heterocycles. The van der Waals surface area contributed by atoms with E-state index in [4.69, 9.17) is 15.2 Å². The maximum atomic E-state index is 12.4. The molecule has 33 heavy (non-hydrogen) atoms. The fraction of sp³-hybridized carbons (Fsp3) is 0.269. The van der Waals surface area contributed by atoms with E-state index in [0.29, 0.717) is 24.3 Å². The summed E-state index contributed by atoms with van der Waals surface area (Å²) in [5.41, 5.74) is 6.99. The van der Waals surface area contributed by atoms with Gasteiger partial charge >= 0.3 is 6.09 Å². The SMILES string of the molecule is CC(C)(C)OC(=O)NC(Cc1ccccc1)Cc1ccc(Oc2ccc(C(N)=O)nc2)cc1. The summed E-state index contributed by atoms with van der Waals surface area (Å²) in [7, 11) is 0. The molecule has 1 atom stereocenters. The van der Waals surface area contributed by atoms with Crippen molar-refractivity contribution in [3.8, 4) is 11.5 Å². The number of aromatic nitrogens is 1. The number of ether oxygens (including phenoxy) is 2. The van der Waals surface area contributed by atoms with E-state index in [9.17, 15) is 9.59 Å². The van der Waals surface area contributed by atoms with Crippen molar-refractivity contribution in [2.24, 2.45) is 5.73 Å². The first-order valence-electron chi connectivity index (χ1n) is 10.7. The summed E-state index contributed by atoms with van der Waals surface area (Å²) in [6.07, 6.45) is 2.32. The van der Waals surface area contributed by atoms with Crippen molar-refractivity contribution >= 4 is 12.0 Å². The van der Waals surface area contributed by atoms with Crippen molar-refractivity contribution in [3.05, 3.63) is 89.7 Å². The number of primary amides is 1. The van der Waals surface area contributed by atoms with Crippen LogP contribution in [0.5, 0.6) is 11.5 Å². The Labute approximate surface area is 193 Å². The third kappa shape index (κ3) is 7.96. The second-order valence-electron chi connectivity index (χ2n) is 8.73. The summed E-state index contributed by atoms with van der Waals surface area (Å²) < 4.78 is 11.2. The lowest BCUT2D eigenvalue weighted by Gasteiger charge is -2.24. The van der Waals surface area contributed by atoms with Gasteiger partial charge in [0.05, 0.1) is 6.20 Å². The number of nitrogens with two attached hydrogens (primary N) is 1. The maximum absolute atomic E-state index is 12.4. The number of hydrogen-bond donors (Lipinski definition) is 2. The smallest absolute Gasteiger partial charge is 0.407 e. The number of alkyl carbamates (subject to hydrolysis) is 1. The first kappa shape index (κ1) is 23.8. The van der Waals surface area contributed by atoms with Crippen molar-refractivity contribution in [2.75, 3.05) is 0 Å². The molecule has 7 nitrogen and oxygen atoms in total. The van der Waals surface area contributed by atoms with Gasteiger partial charge in [-0.1, -0.05) is 42.5 Å². The lowest BCUT2D eigenvalue weighted by Crippen LogP contribution is -2.41. The quantitative estimate of drug-likeness (QED) is 0.523. The lowest BCUT2D eigenvalue weighted by molar-refractivity contribution is 0.0504. The van der Waals surface area contributed by atoms with E-state index < -0.39 is 17.6 Å². The van der Waals surface area contributed by atoms with E-state index in [2.05, 4.69) is 10.3 Å². The number of hydrogen-bond acceptors (Lipinski definition) is 5. The molecule has 172 valence electrons. The second-order valence-corrected chi connectivity index (χ2v) is 8.73. The molecule has 7 heteroatoms. The number of carbonyl (C=O) groups is 2. The molecule has 0 radical (unpaired) electrons. The number of benzene rings is 2. The number of rotatable bonds is 8. The molecule has 0 aliphatic carbocycles. The Morgan fingerprint density at radius 3 is 2.06 bits per heavy atom. The van der Waals surface area contributed by atoms with Crippen LogP contribution in [0.2, 0.25) is 0 Å². The number of amides is 2. The van der Waals surface area contributed by atoms with Crippen molar-refractivity contribution in [1.82, 2.24) is 10.3 Å². The highest BCUT2D eigenvalue weighted by molar-refractivity contribution is 5.90. The van der Waals surface area contributed by atoms with E-state index in [-0.39, 0.29) is 11.7 Å². The largest absolute Gasteiger partial charge is 0.456 e. The molecule has 3 rings (SSSR count). The summed E-state index contributed by atoms with van der Waals surface area (Å²) in [5.74, 6) is 0.546. The highest BCUT2D eigenvalue weighted by Crippen LogP contribution is 2.22. The predicted octanol–water partition coefficient (Wildman–Crippen LogP) is 4.65. The molecule has 2 amide bonds. The minimum absolute atomic E-state index is 0.139. The molecule has 3 aromatic rings. The monoisotopic (exact) mass is 447 g/mol. The number of pyridine rings is 1. The number of nitrogens with zero attached hydrogens (tertiary/aromatic N) is 1. The van der Waals surface area contributed by atoms with Crippen LogP contribution < -0.4 is 15.8 Å². The summed E-state index contributed by atoms with van der Waals surface area (Å²) in [5, 5.41) is 3.00. The van der Waals surface area contributed by atoms with Gasteiger partial charge in [0.2, 0.25) is 0 Å². The van der Waals surface area contributed by atoms with Crippen LogP contribution in [0.4, 0.5) is 4.79 Å². The normalized spacial score (nSPS) is 12.0. The van der Waals surface area contributed by atoms with E-state index in [0.717, 1.165) is 11.1 Å². The van der Waals surface area contributed by atoms with Gasteiger partial charge < -0.3 is 20.5 Å². The lowest BCUT2D eigenvalue weighted by atomic mass is 9.99. The molecule has 0 saturated heterocycles. The van der Waals surface area contributed by atoms with Crippen molar-refractivity contribution in [3.63, 3.8) is 0 Å². The molecule has 3 N–H and O–H groups in total. The fourth-order valence-corrected chi connectivity index (χ4v) is 3.25. The Kier molecular flexibility index (Phi) is 7.66. The Bertz CT molecular complexity index is 1060. The first-order chi connectivity index (χ1) is 15.7. The second kappa shape index (κ2) is 10.6. The molecule has 0 aliphatic heterocycles. The standard InChI is InChI=1S/C26H29N3O4/c1-26(2,3)33-25(31)29-20(15-18-7-5-4-6-8-18)16-19-9-11-21(12-10-19)32-22-13-14-23(24(27)30)28-17-22/h4-14,17,20H,15-16H2,1-3H3,(H2,27,30)(H,29,31). The zero-order valence-electron chi connectivity index (χ0n) is 19.1. The first-order valence-corrected chi connectivity index (χ1v) is 10.7. The summed E-state index contributed by atoms with van der Waals surface area (Å²) >= 11 is 0. The van der Waals surface area contributed by atoms with E-state index in [1.54, 1.807) is 6.07 Å². The van der Waals surface area contributed by atoms with Crippen molar-refractivity contribution < 1.29 is 19.1 Å². The van der Waals surface area contributed by atoms with Crippen molar-refractivity contribution in [1.29, 1.82) is 0 Å². The molecule has 0 aliphatic rings. The summed E-state index contributed by atoms with van der Waals surface area (Å²) in [6.45, 7) is 5.53. The van der Waals surface area contributed by atoms with Gasteiger partial charge in [-0.25, -0.2) is 9.78 Å². The van der Waals surface area contributed by atoms with Gasteiger partial charge in [0, 0.05) is 6.04 Å². The van der Waals surface area contributed by atoms with E-state index >= 15 is 0 Å². The van der Waals surface area contributed by atoms with Crippen LogP contribution >= 0.6 is 0 Å². The van der Waals surface area contributed by atoms with Gasteiger partial charge in [-0.2, -0.15) is 0 Å². The summed E-state index contributed by atoms with van der Waals surface area (Å²) in [4.78, 5) is 27.5. The average molecular weight is 448 g/mol. The Morgan fingerprint density at radius 1 is 0.909 bits per heavy atom. The Hall–Kier alpha value is -3.87. The van der Waals surface area contributed by atoms with Crippen LogP contribution in [0, 0.1) is 0 Å². The van der Waals surface area contributed by atoms with Crippen LogP contribution in [0.25, 0.3) is 0 Å². The molecule has 0 spiro atoms. The topological polar surface area (TPSA) is 104 Å². The highest BCUT2D eigenvalue weighted by atomic mass is 16.6. The highest BCUT2D eigenvalue weighted by Gasteiger charge is 2.20. The van der Waals surface area contributed by atoms with Gasteiger partial charge in [-0.15, -0.1) is 0 Å². The third-order valence-corrected chi connectivity index (χ3v) is 4.68. The van der Waals surface area contributed by atoms with Crippen LogP contribution in [-0.2, 0) is 17.6 Å². The molecule has 2 aromatic carbocycles. The van der Waals surface area contributed by atoms with Crippen molar-refractivity contribution in [2.45, 2.75) is 45.3 Å². The maximum Gasteiger partial charge on any atom is 0.407 e. The van der Waals surface area contributed by atoms with E-state index in [1.807, 2.05) is 75.4 Å². The molecule has 1 unspecified atom stereocenters. The van der Waals surface area contributed by atoms with Crippen LogP contribution in [-0.4, -0.2) is 28.6 Å². The molecule has 1 aromatic heterocycles. The van der Waals surface area contributed by atoms with Gasteiger partial charge in [0.1, 0.15) is 22.8 Å². The third-order valence-electron chi connectivity index (χ3n) is 4.68. The minimum Gasteiger partial charge on any atom is -0.456 e. The Morgan fingerprint density at radius 2 is 1.52 bits per heavy atom. The van der Waals surface area contributed by atoms with Crippen LogP contribution in [0.3, 0.4) is 0 Å². The molecule has 0 saturated carbocycles. The fourth-order valence-electron chi connectivity index (χ4n) is 3.25. The molecular weight excluding hydrogens is 418 g/mol. The van der Waals surface area contributed by atoms with Crippen LogP contribution in [0.1, 0.15) is 42.4 Å². The predicted molar refractivity (Wildman–Crippen MR) is 126 cm³/mol. The average Bonchev–Trinajstić information content (AvgIpc) is 2.75. The van der Waals surface area contributed by atoms with Gasteiger partial charge in [0.15, 0.2) is 0 Å².